The molecule has 1 rings (SSSR count). The summed E-state index contributed by atoms with van der Waals surface area (Å²) in [4.78, 5) is 31.7. The van der Waals surface area contributed by atoms with Crippen molar-refractivity contribution in [2.45, 2.75) is 33.3 Å². The Bertz CT molecular complexity index is 531. The van der Waals surface area contributed by atoms with E-state index in [1.54, 1.807) is 26.2 Å². The molecule has 0 unspecified atom stereocenters. The molecule has 1 aromatic heterocycles. The summed E-state index contributed by atoms with van der Waals surface area (Å²) in [5.74, 6) is -0.882. The molecule has 1 N–H and O–H groups in total. The summed E-state index contributed by atoms with van der Waals surface area (Å²) in [5, 5.41) is 8.14. The number of aromatic nitrogens is 1. The molecule has 0 aliphatic rings. The minimum atomic E-state index is -0.651. The third-order valence-corrected chi connectivity index (χ3v) is 2.56. The second-order valence-corrected chi connectivity index (χ2v) is 5.70. The van der Waals surface area contributed by atoms with E-state index in [0.717, 1.165) is 0 Å². The molecule has 20 heavy (non-hydrogen) atoms. The number of ether oxygens (including phenoxy) is 1. The maximum absolute atomic E-state index is 12.0. The molecule has 7 nitrogen and oxygen atoms in total. The number of oxime groups is 1. The van der Waals surface area contributed by atoms with Gasteiger partial charge in [-0.05, 0) is 20.8 Å². The predicted octanol–water partition coefficient (Wildman–Crippen LogP) is 1.79. The maximum atomic E-state index is 12.0. The molecule has 0 radical (unpaired) electrons. The van der Waals surface area contributed by atoms with Crippen molar-refractivity contribution in [1.29, 1.82) is 0 Å². The Morgan fingerprint density at radius 2 is 2.05 bits per heavy atom. The summed E-state index contributed by atoms with van der Waals surface area (Å²) >= 11 is 1.18. The summed E-state index contributed by atoms with van der Waals surface area (Å²) in [6, 6.07) is 0. The summed E-state index contributed by atoms with van der Waals surface area (Å²) in [5.41, 5.74) is -0.410. The van der Waals surface area contributed by atoms with Crippen molar-refractivity contribution in [3.05, 3.63) is 11.1 Å². The zero-order chi connectivity index (χ0) is 15.3. The molecular weight excluding hydrogens is 282 g/mol. The molecule has 1 aromatic rings. The van der Waals surface area contributed by atoms with Gasteiger partial charge in [0.05, 0.1) is 0 Å². The molecule has 0 fully saturated rings. The largest absolute Gasteiger partial charge is 0.455 e. The smallest absolute Gasteiger partial charge is 0.363 e. The Morgan fingerprint density at radius 1 is 1.40 bits per heavy atom. The van der Waals surface area contributed by atoms with E-state index in [2.05, 4.69) is 20.3 Å². The third-order valence-electron chi connectivity index (χ3n) is 1.80. The Hall–Kier alpha value is -1.96. The van der Waals surface area contributed by atoms with E-state index in [1.165, 1.54) is 25.4 Å². The number of hydrogen-bond acceptors (Lipinski definition) is 7. The number of carbonyl (C=O) groups excluding carboxylic acids is 2. The zero-order valence-electron chi connectivity index (χ0n) is 12.0. The molecule has 0 aliphatic heterocycles. The van der Waals surface area contributed by atoms with Gasteiger partial charge in [-0.2, -0.15) is 0 Å². The lowest BCUT2D eigenvalue weighted by molar-refractivity contribution is -0.146. The number of thiazole rings is 1. The molecule has 8 heteroatoms. The van der Waals surface area contributed by atoms with Gasteiger partial charge in [0.2, 0.25) is 11.6 Å². The number of carbonyl (C=O) groups is 2. The molecule has 0 aromatic carbocycles. The lowest BCUT2D eigenvalue weighted by Gasteiger charge is -2.19. The Labute approximate surface area is 121 Å². The summed E-state index contributed by atoms with van der Waals surface area (Å²) in [7, 11) is 1.32. The van der Waals surface area contributed by atoms with Crippen LogP contribution in [-0.2, 0) is 19.2 Å². The topological polar surface area (TPSA) is 89.9 Å². The SMILES string of the molecule is CON=C(C(=O)OC(C)(C)C)c1csc(NC(C)=O)n1. The minimum absolute atomic E-state index is 0.0460. The molecule has 110 valence electrons. The van der Waals surface area contributed by atoms with Crippen LogP contribution < -0.4 is 5.32 Å². The first-order chi connectivity index (χ1) is 9.23. The van der Waals surface area contributed by atoms with Crippen LogP contribution in [-0.4, -0.2) is 35.3 Å². The molecule has 0 spiro atoms. The number of nitrogens with zero attached hydrogens (tertiary/aromatic N) is 2. The predicted molar refractivity (Wildman–Crippen MR) is 75.8 cm³/mol. The van der Waals surface area contributed by atoms with Crippen LogP contribution in [0.4, 0.5) is 5.13 Å². The van der Waals surface area contributed by atoms with Gasteiger partial charge in [-0.1, -0.05) is 5.16 Å². The monoisotopic (exact) mass is 299 g/mol. The van der Waals surface area contributed by atoms with Gasteiger partial charge >= 0.3 is 5.97 Å². The molecule has 0 saturated heterocycles. The van der Waals surface area contributed by atoms with Gasteiger partial charge in [-0.3, -0.25) is 4.79 Å². The molecule has 0 atom stereocenters. The van der Waals surface area contributed by atoms with Gasteiger partial charge in [0.15, 0.2) is 5.13 Å². The lowest BCUT2D eigenvalue weighted by Crippen LogP contribution is -2.29. The second kappa shape index (κ2) is 6.47. The average molecular weight is 299 g/mol. The first kappa shape index (κ1) is 16.1. The highest BCUT2D eigenvalue weighted by Crippen LogP contribution is 2.18. The first-order valence-corrected chi connectivity index (χ1v) is 6.69. The number of hydrogen-bond donors (Lipinski definition) is 1. The number of amides is 1. The van der Waals surface area contributed by atoms with Crippen LogP contribution in [0.2, 0.25) is 0 Å². The minimum Gasteiger partial charge on any atom is -0.455 e. The Kier molecular flexibility index (Phi) is 5.20. The molecule has 1 amide bonds. The van der Waals surface area contributed by atoms with Crippen molar-refractivity contribution in [3.63, 3.8) is 0 Å². The molecule has 1 heterocycles. The van der Waals surface area contributed by atoms with Crippen LogP contribution in [0, 0.1) is 0 Å². The molecule has 0 saturated carbocycles. The van der Waals surface area contributed by atoms with Gasteiger partial charge in [-0.15, -0.1) is 11.3 Å². The molecule has 0 aliphatic carbocycles. The van der Waals surface area contributed by atoms with Gasteiger partial charge in [-0.25, -0.2) is 9.78 Å². The van der Waals surface area contributed by atoms with Crippen LogP contribution in [0.15, 0.2) is 10.5 Å². The average Bonchev–Trinajstić information content (AvgIpc) is 2.70. The van der Waals surface area contributed by atoms with E-state index in [-0.39, 0.29) is 17.3 Å². The quantitative estimate of drug-likeness (QED) is 0.520. The fourth-order valence-electron chi connectivity index (χ4n) is 1.20. The highest BCUT2D eigenvalue weighted by molar-refractivity contribution is 7.14. The summed E-state index contributed by atoms with van der Waals surface area (Å²) in [6.07, 6.45) is 0. The van der Waals surface area contributed by atoms with Crippen LogP contribution in [0.1, 0.15) is 33.4 Å². The Balaban J connectivity index is 2.97. The first-order valence-electron chi connectivity index (χ1n) is 5.81. The summed E-state index contributed by atoms with van der Waals surface area (Å²) < 4.78 is 5.22. The number of nitrogens with one attached hydrogen (secondary N) is 1. The summed E-state index contributed by atoms with van der Waals surface area (Å²) in [6.45, 7) is 6.62. The highest BCUT2D eigenvalue weighted by Gasteiger charge is 2.25. The van der Waals surface area contributed by atoms with Crippen molar-refractivity contribution >= 4 is 34.1 Å². The van der Waals surface area contributed by atoms with E-state index in [0.29, 0.717) is 5.13 Å². The van der Waals surface area contributed by atoms with E-state index < -0.39 is 11.6 Å². The van der Waals surface area contributed by atoms with Gasteiger partial charge in [0, 0.05) is 12.3 Å². The highest BCUT2D eigenvalue weighted by atomic mass is 32.1. The van der Waals surface area contributed by atoms with Crippen molar-refractivity contribution in [3.8, 4) is 0 Å². The second-order valence-electron chi connectivity index (χ2n) is 4.84. The lowest BCUT2D eigenvalue weighted by atomic mass is 10.2. The number of esters is 1. The molecular formula is C12H17N3O4S. The van der Waals surface area contributed by atoms with E-state index in [9.17, 15) is 9.59 Å². The van der Waals surface area contributed by atoms with Gasteiger partial charge in [0.1, 0.15) is 18.4 Å². The normalized spacial score (nSPS) is 11.9. The fraction of sp³-hybridized carbons (Fsp3) is 0.500. The van der Waals surface area contributed by atoms with Crippen molar-refractivity contribution in [1.82, 2.24) is 4.98 Å². The van der Waals surface area contributed by atoms with Crippen molar-refractivity contribution in [2.24, 2.45) is 5.16 Å². The number of anilines is 1. The third kappa shape index (κ3) is 4.96. The van der Waals surface area contributed by atoms with Crippen LogP contribution in [0.25, 0.3) is 0 Å². The van der Waals surface area contributed by atoms with Crippen LogP contribution in [0.3, 0.4) is 0 Å². The van der Waals surface area contributed by atoms with Crippen molar-refractivity contribution in [2.75, 3.05) is 12.4 Å². The molecule has 0 bridgehead atoms. The van der Waals surface area contributed by atoms with E-state index in [4.69, 9.17) is 4.74 Å². The van der Waals surface area contributed by atoms with Crippen LogP contribution >= 0.6 is 11.3 Å². The van der Waals surface area contributed by atoms with Gasteiger partial charge in [0.25, 0.3) is 0 Å². The van der Waals surface area contributed by atoms with Crippen molar-refractivity contribution < 1.29 is 19.2 Å². The fourth-order valence-corrected chi connectivity index (χ4v) is 1.94. The van der Waals surface area contributed by atoms with Gasteiger partial charge < -0.3 is 14.9 Å². The van der Waals surface area contributed by atoms with E-state index >= 15 is 0 Å². The number of rotatable bonds is 4. The van der Waals surface area contributed by atoms with E-state index in [1.807, 2.05) is 0 Å². The zero-order valence-corrected chi connectivity index (χ0v) is 12.8. The maximum Gasteiger partial charge on any atom is 0.363 e. The Morgan fingerprint density at radius 3 is 2.55 bits per heavy atom. The van der Waals surface area contributed by atoms with Crippen LogP contribution in [0.5, 0.6) is 0 Å². The standard InChI is InChI=1S/C12H17N3O4S/c1-7(16)13-11-14-8(6-20-11)9(15-18-5)10(17)19-12(2,3)4/h6H,1-5H3,(H,13,14,16).